The summed E-state index contributed by atoms with van der Waals surface area (Å²) < 4.78 is 0. The Morgan fingerprint density at radius 1 is 1.18 bits per heavy atom. The minimum absolute atomic E-state index is 0.134. The van der Waals surface area contributed by atoms with Crippen molar-refractivity contribution in [2.45, 2.75) is 6.54 Å². The Morgan fingerprint density at radius 2 is 1.82 bits per heavy atom. The van der Waals surface area contributed by atoms with Gasteiger partial charge >= 0.3 is 0 Å². The van der Waals surface area contributed by atoms with Crippen molar-refractivity contribution in [3.05, 3.63) is 59.8 Å². The molecule has 17 heavy (non-hydrogen) atoms. The number of carbonyl (C=O) groups is 2. The van der Waals surface area contributed by atoms with E-state index < -0.39 is 0 Å². The van der Waals surface area contributed by atoms with Crippen molar-refractivity contribution in [3.63, 3.8) is 0 Å². The molecule has 0 bridgehead atoms. The Bertz CT molecular complexity index is 411. The second-order valence-electron chi connectivity index (χ2n) is 3.64. The van der Waals surface area contributed by atoms with E-state index in [1.165, 1.54) is 11.6 Å². The Balaban J connectivity index is 2.52. The molecule has 0 radical (unpaired) electrons. The Labute approximate surface area is 101 Å². The third kappa shape index (κ3) is 4.93. The number of aldehydes is 2. The van der Waals surface area contributed by atoms with Gasteiger partial charge in [-0.2, -0.15) is 0 Å². The first kappa shape index (κ1) is 12.9. The molecule has 0 heterocycles. The van der Waals surface area contributed by atoms with Gasteiger partial charge in [0.1, 0.15) is 0 Å². The highest BCUT2D eigenvalue weighted by Crippen LogP contribution is 2.02. The molecule has 0 saturated carbocycles. The van der Waals surface area contributed by atoms with Crippen molar-refractivity contribution >= 4 is 12.6 Å². The van der Waals surface area contributed by atoms with Gasteiger partial charge in [-0.15, -0.1) is 0 Å². The molecule has 88 valence electrons. The summed E-state index contributed by atoms with van der Waals surface area (Å²) in [6.07, 6.45) is 6.06. The number of allylic oxidation sites excluding steroid dienone is 3. The Kier molecular flexibility index (Phi) is 5.44. The Morgan fingerprint density at radius 3 is 2.41 bits per heavy atom. The monoisotopic (exact) mass is 229 g/mol. The van der Waals surface area contributed by atoms with E-state index in [4.69, 9.17) is 0 Å². The molecule has 0 N–H and O–H groups in total. The minimum Gasteiger partial charge on any atom is -0.376 e. The molecule has 0 unspecified atom stereocenters. The summed E-state index contributed by atoms with van der Waals surface area (Å²) in [6.45, 7) is 0.780. The van der Waals surface area contributed by atoms with Gasteiger partial charge in [0.25, 0.3) is 0 Å². The topological polar surface area (TPSA) is 37.4 Å². The maximum atomic E-state index is 10.4. The van der Waals surface area contributed by atoms with Gasteiger partial charge < -0.3 is 4.90 Å². The zero-order valence-electron chi connectivity index (χ0n) is 9.74. The second kappa shape index (κ2) is 7.17. The third-order valence-electron chi connectivity index (χ3n) is 2.18. The molecule has 1 rings (SSSR count). The molecule has 0 aliphatic heterocycles. The average molecular weight is 229 g/mol. The van der Waals surface area contributed by atoms with Crippen LogP contribution in [0.1, 0.15) is 5.56 Å². The van der Waals surface area contributed by atoms with Gasteiger partial charge in [0.05, 0.1) is 5.57 Å². The maximum Gasteiger partial charge on any atom is 0.153 e. The number of hydrogen-bond acceptors (Lipinski definition) is 3. The fraction of sp³-hybridized carbons (Fsp3) is 0.143. The average Bonchev–Trinajstić information content (AvgIpc) is 2.36. The molecule has 0 amide bonds. The van der Waals surface area contributed by atoms with E-state index in [9.17, 15) is 9.59 Å². The number of hydrogen-bond donors (Lipinski definition) is 0. The molecule has 3 heteroatoms. The lowest BCUT2D eigenvalue weighted by atomic mass is 10.2. The highest BCUT2D eigenvalue weighted by atomic mass is 16.1. The Hall–Kier alpha value is -2.16. The lowest BCUT2D eigenvalue weighted by Crippen LogP contribution is -2.09. The van der Waals surface area contributed by atoms with Crippen molar-refractivity contribution in [1.82, 2.24) is 4.90 Å². The summed E-state index contributed by atoms with van der Waals surface area (Å²) in [6, 6.07) is 10.0. The van der Waals surface area contributed by atoms with Gasteiger partial charge in [-0.25, -0.2) is 0 Å². The van der Waals surface area contributed by atoms with Crippen molar-refractivity contribution in [2.75, 3.05) is 7.05 Å². The molecule has 3 nitrogen and oxygen atoms in total. The normalized spacial score (nSPS) is 9.94. The smallest absolute Gasteiger partial charge is 0.153 e. The molecule has 1 aromatic rings. The summed E-state index contributed by atoms with van der Waals surface area (Å²) in [4.78, 5) is 22.7. The molecule has 0 fully saturated rings. The summed E-state index contributed by atoms with van der Waals surface area (Å²) >= 11 is 0. The fourth-order valence-electron chi connectivity index (χ4n) is 1.33. The molecule has 0 saturated heterocycles. The van der Waals surface area contributed by atoms with E-state index in [0.717, 1.165) is 6.54 Å². The van der Waals surface area contributed by atoms with E-state index in [1.54, 1.807) is 6.08 Å². The summed E-state index contributed by atoms with van der Waals surface area (Å²) in [5.41, 5.74) is 1.34. The van der Waals surface area contributed by atoms with Gasteiger partial charge in [0, 0.05) is 13.6 Å². The van der Waals surface area contributed by atoms with Gasteiger partial charge in [0.2, 0.25) is 0 Å². The lowest BCUT2D eigenvalue weighted by Gasteiger charge is -2.13. The fourth-order valence-corrected chi connectivity index (χ4v) is 1.33. The SMILES string of the molecule is CN(/C=C\C=C(C=O)C=O)Cc1ccccc1. The van der Waals surface area contributed by atoms with Crippen molar-refractivity contribution < 1.29 is 9.59 Å². The van der Waals surface area contributed by atoms with Crippen LogP contribution in [0, 0.1) is 0 Å². The third-order valence-corrected chi connectivity index (χ3v) is 2.18. The van der Waals surface area contributed by atoms with Crippen LogP contribution in [-0.4, -0.2) is 24.5 Å². The molecule has 0 spiro atoms. The zero-order chi connectivity index (χ0) is 12.5. The van der Waals surface area contributed by atoms with Crippen LogP contribution >= 0.6 is 0 Å². The van der Waals surface area contributed by atoms with Crippen LogP contribution in [-0.2, 0) is 16.1 Å². The van der Waals surface area contributed by atoms with Crippen LogP contribution in [0.3, 0.4) is 0 Å². The molecular weight excluding hydrogens is 214 g/mol. The summed E-state index contributed by atoms with van der Waals surface area (Å²) in [7, 11) is 1.93. The van der Waals surface area contributed by atoms with Gasteiger partial charge in [0.15, 0.2) is 12.6 Å². The molecule has 0 atom stereocenters. The standard InChI is InChI=1S/C14H15NO2/c1-15(9-5-8-14(11-16)12-17)10-13-6-3-2-4-7-13/h2-9,11-12H,10H2,1H3/b9-5-. The summed E-state index contributed by atoms with van der Waals surface area (Å²) in [5.74, 6) is 0. The van der Waals surface area contributed by atoms with Crippen LogP contribution in [0.4, 0.5) is 0 Å². The highest BCUT2D eigenvalue weighted by molar-refractivity contribution is 5.99. The van der Waals surface area contributed by atoms with Crippen LogP contribution in [0.5, 0.6) is 0 Å². The van der Waals surface area contributed by atoms with Crippen molar-refractivity contribution in [3.8, 4) is 0 Å². The van der Waals surface area contributed by atoms with Crippen LogP contribution in [0.15, 0.2) is 54.3 Å². The number of rotatable bonds is 6. The first-order chi connectivity index (χ1) is 8.26. The van der Waals surface area contributed by atoms with E-state index in [1.807, 2.05) is 48.5 Å². The predicted octanol–water partition coefficient (Wildman–Crippen LogP) is 1.96. The van der Waals surface area contributed by atoms with Gasteiger partial charge in [-0.05, 0) is 23.9 Å². The van der Waals surface area contributed by atoms with E-state index in [-0.39, 0.29) is 5.57 Å². The van der Waals surface area contributed by atoms with Crippen LogP contribution in [0.2, 0.25) is 0 Å². The molecule has 1 aromatic carbocycles. The predicted molar refractivity (Wildman–Crippen MR) is 67.3 cm³/mol. The van der Waals surface area contributed by atoms with E-state index in [2.05, 4.69) is 0 Å². The lowest BCUT2D eigenvalue weighted by molar-refractivity contribution is -0.109. The first-order valence-electron chi connectivity index (χ1n) is 5.29. The summed E-state index contributed by atoms with van der Waals surface area (Å²) in [5, 5.41) is 0. The van der Waals surface area contributed by atoms with Crippen molar-refractivity contribution in [2.24, 2.45) is 0 Å². The van der Waals surface area contributed by atoms with E-state index in [0.29, 0.717) is 12.6 Å². The molecular formula is C14H15NO2. The number of carbonyl (C=O) groups excluding carboxylic acids is 2. The molecule has 0 aliphatic rings. The first-order valence-corrected chi connectivity index (χ1v) is 5.29. The quantitative estimate of drug-likeness (QED) is 0.246. The maximum absolute atomic E-state index is 10.4. The zero-order valence-corrected chi connectivity index (χ0v) is 9.74. The van der Waals surface area contributed by atoms with Crippen LogP contribution in [0.25, 0.3) is 0 Å². The largest absolute Gasteiger partial charge is 0.376 e. The van der Waals surface area contributed by atoms with Crippen LogP contribution < -0.4 is 0 Å². The second-order valence-corrected chi connectivity index (χ2v) is 3.64. The highest BCUT2D eigenvalue weighted by Gasteiger charge is 1.93. The van der Waals surface area contributed by atoms with Crippen molar-refractivity contribution in [1.29, 1.82) is 0 Å². The number of nitrogens with zero attached hydrogens (tertiary/aromatic N) is 1. The van der Waals surface area contributed by atoms with E-state index >= 15 is 0 Å². The molecule has 0 aliphatic carbocycles. The minimum atomic E-state index is 0.134. The molecule has 0 aromatic heterocycles. The number of benzene rings is 1. The van der Waals surface area contributed by atoms with Gasteiger partial charge in [-0.1, -0.05) is 30.3 Å². The van der Waals surface area contributed by atoms with Gasteiger partial charge in [-0.3, -0.25) is 9.59 Å².